The molecule has 0 amide bonds. The maximum Gasteiger partial charge on any atom is 0.127 e. The Hall–Kier alpha value is -4.80. The molecule has 3 nitrogen and oxygen atoms in total. The minimum Gasteiger partial charge on any atom is -0.496 e. The van der Waals surface area contributed by atoms with Gasteiger partial charge in [0.15, 0.2) is 0 Å². The average molecular weight is 600 g/mol. The number of anilines is 1. The predicted octanol–water partition coefficient (Wildman–Crippen LogP) is 11.1. The Bertz CT molecular complexity index is 1680. The number of para-hydroxylation sites is 1. The Morgan fingerprint density at radius 3 is 2.14 bits per heavy atom. The number of allylic oxidation sites excluding steroid dienone is 10. The van der Waals surface area contributed by atoms with Gasteiger partial charge in [-0.05, 0) is 77.6 Å². The second kappa shape index (κ2) is 15.6. The Balaban J connectivity index is 2.12. The molecule has 0 aliphatic carbocycles. The highest BCUT2D eigenvalue weighted by Crippen LogP contribution is 2.38. The van der Waals surface area contributed by atoms with E-state index in [9.17, 15) is 0 Å². The van der Waals surface area contributed by atoms with Crippen molar-refractivity contribution in [3.05, 3.63) is 170 Å². The fourth-order valence-electron chi connectivity index (χ4n) is 4.88. The van der Waals surface area contributed by atoms with Crippen molar-refractivity contribution in [1.82, 2.24) is 0 Å². The molecule has 226 valence electrons. The third-order valence-electron chi connectivity index (χ3n) is 7.03. The van der Waals surface area contributed by atoms with E-state index in [4.69, 9.17) is 9.47 Å². The van der Waals surface area contributed by atoms with Crippen LogP contribution in [0.25, 0.3) is 21.9 Å². The fourth-order valence-corrected chi connectivity index (χ4v) is 5.55. The molecule has 0 saturated carbocycles. The molecule has 0 saturated heterocycles. The smallest absolute Gasteiger partial charge is 0.127 e. The number of hydrogen-bond acceptors (Lipinski definition) is 3. The Kier molecular flexibility index (Phi) is 11.9. The van der Waals surface area contributed by atoms with Gasteiger partial charge in [0.1, 0.15) is 11.5 Å². The lowest BCUT2D eigenvalue weighted by atomic mass is 9.92. The first-order valence-corrected chi connectivity index (χ1v) is 18.2. The standard InChI is InChI=1S/C40H45NO2Si/c1-11-19-38(42-6)31(5)36-27-28-39(43-7)40-35(23-17-24-37(36)40)30(4)25-26-33(13-3)41(34-20-15-14-16-21-34)32(12-2)22-18-29-44(8,9)10/h11-29H,1-2,4-5H2,3,6-10H3/b26-25-,29-18+,32-22+,33-13?,38-19+. The zero-order valence-corrected chi connectivity index (χ0v) is 28.1. The average Bonchev–Trinajstić information content (AvgIpc) is 3.02. The molecule has 0 spiro atoms. The molecule has 4 heteroatoms. The molecule has 0 aromatic heterocycles. The zero-order chi connectivity index (χ0) is 32.3. The summed E-state index contributed by atoms with van der Waals surface area (Å²) in [5.74, 6) is 1.41. The van der Waals surface area contributed by atoms with E-state index >= 15 is 0 Å². The van der Waals surface area contributed by atoms with E-state index in [-0.39, 0.29) is 0 Å². The molecule has 3 aromatic rings. The molecule has 0 bridgehead atoms. The predicted molar refractivity (Wildman–Crippen MR) is 196 cm³/mol. The van der Waals surface area contributed by atoms with E-state index in [0.29, 0.717) is 5.76 Å². The summed E-state index contributed by atoms with van der Waals surface area (Å²) in [6, 6.07) is 20.5. The summed E-state index contributed by atoms with van der Waals surface area (Å²) in [5.41, 5.74) is 8.87. The van der Waals surface area contributed by atoms with Crippen LogP contribution in [0.1, 0.15) is 18.1 Å². The Morgan fingerprint density at radius 1 is 0.818 bits per heavy atom. The summed E-state index contributed by atoms with van der Waals surface area (Å²) in [6.07, 6.45) is 15.9. The number of fused-ring (bicyclic) bond motifs is 1. The summed E-state index contributed by atoms with van der Waals surface area (Å²) < 4.78 is 11.4. The van der Waals surface area contributed by atoms with Gasteiger partial charge in [0.05, 0.1) is 22.3 Å². The van der Waals surface area contributed by atoms with Gasteiger partial charge in [0.25, 0.3) is 0 Å². The molecular formula is C40H45NO2Si. The van der Waals surface area contributed by atoms with E-state index < -0.39 is 8.07 Å². The third-order valence-corrected chi connectivity index (χ3v) is 8.23. The maximum atomic E-state index is 5.84. The summed E-state index contributed by atoms with van der Waals surface area (Å²) in [6.45, 7) is 25.8. The van der Waals surface area contributed by atoms with Crippen LogP contribution in [-0.4, -0.2) is 22.3 Å². The van der Waals surface area contributed by atoms with E-state index in [2.05, 4.69) is 111 Å². The molecule has 0 unspecified atom stereocenters. The Morgan fingerprint density at radius 2 is 1.55 bits per heavy atom. The van der Waals surface area contributed by atoms with Gasteiger partial charge in [-0.3, -0.25) is 0 Å². The summed E-state index contributed by atoms with van der Waals surface area (Å²) >= 11 is 0. The molecule has 0 aliphatic heterocycles. The van der Waals surface area contributed by atoms with E-state index in [1.165, 1.54) is 0 Å². The zero-order valence-electron chi connectivity index (χ0n) is 27.1. The van der Waals surface area contributed by atoms with E-state index in [0.717, 1.165) is 55.9 Å². The number of rotatable bonds is 14. The normalized spacial score (nSPS) is 12.9. The van der Waals surface area contributed by atoms with Crippen LogP contribution < -0.4 is 9.64 Å². The van der Waals surface area contributed by atoms with Crippen LogP contribution in [0, 0.1) is 0 Å². The summed E-state index contributed by atoms with van der Waals surface area (Å²) in [7, 11) is 1.97. The van der Waals surface area contributed by atoms with Gasteiger partial charge in [-0.25, -0.2) is 0 Å². The van der Waals surface area contributed by atoms with Crippen molar-refractivity contribution in [3.8, 4) is 5.75 Å². The molecule has 0 atom stereocenters. The highest BCUT2D eigenvalue weighted by molar-refractivity contribution is 6.81. The lowest BCUT2D eigenvalue weighted by Crippen LogP contribution is -2.20. The lowest BCUT2D eigenvalue weighted by molar-refractivity contribution is 0.311. The number of methoxy groups -OCH3 is 2. The summed E-state index contributed by atoms with van der Waals surface area (Å²) in [5, 5.41) is 1.96. The van der Waals surface area contributed by atoms with Crippen LogP contribution in [0.4, 0.5) is 5.69 Å². The lowest BCUT2D eigenvalue weighted by Gasteiger charge is -2.27. The minimum atomic E-state index is -1.36. The molecule has 0 fully saturated rings. The number of hydrogen-bond donors (Lipinski definition) is 0. The quantitative estimate of drug-likeness (QED) is 0.104. The molecule has 44 heavy (non-hydrogen) atoms. The van der Waals surface area contributed by atoms with Crippen LogP contribution in [-0.2, 0) is 4.74 Å². The molecular weight excluding hydrogens is 555 g/mol. The second-order valence-electron chi connectivity index (χ2n) is 11.3. The van der Waals surface area contributed by atoms with E-state index in [1.807, 2.05) is 55.5 Å². The maximum absolute atomic E-state index is 5.84. The molecule has 3 aromatic carbocycles. The minimum absolute atomic E-state index is 0.653. The monoisotopic (exact) mass is 599 g/mol. The van der Waals surface area contributed by atoms with Gasteiger partial charge in [0, 0.05) is 28.0 Å². The van der Waals surface area contributed by atoms with Crippen molar-refractivity contribution in [3.63, 3.8) is 0 Å². The van der Waals surface area contributed by atoms with Gasteiger partial charge >= 0.3 is 0 Å². The van der Waals surface area contributed by atoms with E-state index in [1.54, 1.807) is 20.3 Å². The van der Waals surface area contributed by atoms with Crippen LogP contribution >= 0.6 is 0 Å². The van der Waals surface area contributed by atoms with Crippen molar-refractivity contribution in [1.29, 1.82) is 0 Å². The fraction of sp³-hybridized carbons (Fsp3) is 0.150. The van der Waals surface area contributed by atoms with Crippen LogP contribution in [0.3, 0.4) is 0 Å². The van der Waals surface area contributed by atoms with Crippen LogP contribution in [0.2, 0.25) is 19.6 Å². The molecule has 0 radical (unpaired) electrons. The van der Waals surface area contributed by atoms with Gasteiger partial charge in [-0.2, -0.15) is 0 Å². The molecule has 0 N–H and O–H groups in total. The first kappa shape index (κ1) is 33.7. The van der Waals surface area contributed by atoms with Crippen molar-refractivity contribution >= 4 is 35.7 Å². The van der Waals surface area contributed by atoms with Crippen LogP contribution in [0.15, 0.2) is 158 Å². The number of ether oxygens (including phenoxy) is 2. The number of nitrogens with zero attached hydrogens (tertiary/aromatic N) is 1. The van der Waals surface area contributed by atoms with Crippen LogP contribution in [0.5, 0.6) is 5.75 Å². The summed E-state index contributed by atoms with van der Waals surface area (Å²) in [4.78, 5) is 2.20. The highest BCUT2D eigenvalue weighted by atomic mass is 28.3. The van der Waals surface area contributed by atoms with Crippen molar-refractivity contribution in [2.75, 3.05) is 19.1 Å². The van der Waals surface area contributed by atoms with Crippen molar-refractivity contribution in [2.24, 2.45) is 0 Å². The number of benzene rings is 3. The van der Waals surface area contributed by atoms with Crippen molar-refractivity contribution in [2.45, 2.75) is 26.6 Å². The third kappa shape index (κ3) is 8.18. The Labute approximate surface area is 265 Å². The largest absolute Gasteiger partial charge is 0.496 e. The molecule has 0 heterocycles. The van der Waals surface area contributed by atoms with Gasteiger partial charge < -0.3 is 14.4 Å². The van der Waals surface area contributed by atoms with Gasteiger partial charge in [0.2, 0.25) is 0 Å². The first-order valence-electron chi connectivity index (χ1n) is 14.7. The van der Waals surface area contributed by atoms with Crippen molar-refractivity contribution < 1.29 is 9.47 Å². The second-order valence-corrected chi connectivity index (χ2v) is 16.3. The first-order chi connectivity index (χ1) is 21.1. The molecule has 0 aliphatic rings. The molecule has 3 rings (SSSR count). The van der Waals surface area contributed by atoms with Gasteiger partial charge in [-0.15, -0.1) is 0 Å². The highest BCUT2D eigenvalue weighted by Gasteiger charge is 2.17. The topological polar surface area (TPSA) is 21.7 Å². The SMILES string of the molecule is C=C/C=C(/OC)C(=C)c1ccc(OC)c2c(C(=C)/C=C\C(=CC)N(/C(C=C)=C/C=C/[Si](C)(C)C)c3ccccc3)cccc12. The van der Waals surface area contributed by atoms with Gasteiger partial charge in [-0.1, -0.05) is 112 Å².